The van der Waals surface area contributed by atoms with E-state index in [2.05, 4.69) is 10.1 Å². The van der Waals surface area contributed by atoms with Gasteiger partial charge in [-0.3, -0.25) is 4.79 Å². The zero-order valence-electron chi connectivity index (χ0n) is 7.67. The van der Waals surface area contributed by atoms with Crippen LogP contribution in [0.4, 0.5) is 0 Å². The summed E-state index contributed by atoms with van der Waals surface area (Å²) in [6.07, 6.45) is 3.48. The van der Waals surface area contributed by atoms with Gasteiger partial charge in [0.1, 0.15) is 12.3 Å². The lowest BCUT2D eigenvalue weighted by molar-refractivity contribution is -0.142. The molecular weight excluding hydrogens is 182 g/mol. The van der Waals surface area contributed by atoms with Crippen molar-refractivity contribution in [1.29, 1.82) is 0 Å². The van der Waals surface area contributed by atoms with E-state index < -0.39 is 0 Å². The van der Waals surface area contributed by atoms with Crippen LogP contribution in [-0.4, -0.2) is 20.6 Å². The van der Waals surface area contributed by atoms with Crippen molar-refractivity contribution in [1.82, 2.24) is 14.6 Å². The van der Waals surface area contributed by atoms with Gasteiger partial charge in [0.25, 0.3) is 0 Å². The van der Waals surface area contributed by atoms with Gasteiger partial charge in [0.2, 0.25) is 0 Å². The van der Waals surface area contributed by atoms with E-state index in [-0.39, 0.29) is 12.6 Å². The van der Waals surface area contributed by atoms with Crippen molar-refractivity contribution in [2.45, 2.75) is 13.5 Å². The predicted octanol–water partition coefficient (Wildman–Crippen LogP) is 0.792. The molecule has 0 aliphatic rings. The quantitative estimate of drug-likeness (QED) is 0.658. The minimum absolute atomic E-state index is 0.193. The first-order valence-electron chi connectivity index (χ1n) is 4.18. The average Bonchev–Trinajstić information content (AvgIpc) is 2.57. The van der Waals surface area contributed by atoms with Crippen LogP contribution in [0.2, 0.25) is 0 Å². The average molecular weight is 191 g/mol. The predicted molar refractivity (Wildman–Crippen MR) is 48.5 cm³/mol. The van der Waals surface area contributed by atoms with Crippen LogP contribution < -0.4 is 0 Å². The molecule has 72 valence electrons. The number of carbonyl (C=O) groups is 1. The van der Waals surface area contributed by atoms with Gasteiger partial charge in [0.15, 0.2) is 5.65 Å². The van der Waals surface area contributed by atoms with E-state index in [1.54, 1.807) is 29.0 Å². The molecule has 5 nitrogen and oxygen atoms in total. The molecule has 14 heavy (non-hydrogen) atoms. The van der Waals surface area contributed by atoms with Crippen LogP contribution in [0.15, 0.2) is 24.5 Å². The Morgan fingerprint density at radius 1 is 1.64 bits per heavy atom. The second-order valence-electron chi connectivity index (χ2n) is 2.84. The third-order valence-corrected chi connectivity index (χ3v) is 1.71. The second kappa shape index (κ2) is 3.45. The van der Waals surface area contributed by atoms with Gasteiger partial charge in [-0.15, -0.1) is 0 Å². The van der Waals surface area contributed by atoms with Gasteiger partial charge < -0.3 is 4.74 Å². The Bertz CT molecular complexity index is 431. The van der Waals surface area contributed by atoms with Gasteiger partial charge in [-0.2, -0.15) is 5.10 Å². The van der Waals surface area contributed by atoms with E-state index in [9.17, 15) is 4.79 Å². The monoisotopic (exact) mass is 191 g/mol. The van der Waals surface area contributed by atoms with Crippen LogP contribution in [0.25, 0.3) is 5.65 Å². The maximum absolute atomic E-state index is 10.6. The number of ether oxygens (including phenoxy) is 1. The molecule has 0 fully saturated rings. The van der Waals surface area contributed by atoms with E-state index in [1.807, 2.05) is 0 Å². The summed E-state index contributed by atoms with van der Waals surface area (Å²) in [5.74, 6) is -0.310. The molecule has 2 aromatic heterocycles. The Kier molecular flexibility index (Phi) is 2.14. The van der Waals surface area contributed by atoms with Crippen LogP contribution in [0, 0.1) is 0 Å². The molecule has 0 saturated carbocycles. The van der Waals surface area contributed by atoms with Crippen molar-refractivity contribution in [2.24, 2.45) is 0 Å². The summed E-state index contributed by atoms with van der Waals surface area (Å²) in [6, 6.07) is 3.57. The van der Waals surface area contributed by atoms with E-state index in [0.717, 1.165) is 5.65 Å². The maximum atomic E-state index is 10.6. The molecule has 2 rings (SSSR count). The Hall–Kier alpha value is -1.91. The van der Waals surface area contributed by atoms with Crippen LogP contribution >= 0.6 is 0 Å². The molecular formula is C9H9N3O2. The first-order valence-corrected chi connectivity index (χ1v) is 4.18. The van der Waals surface area contributed by atoms with Crippen molar-refractivity contribution in [3.05, 3.63) is 30.2 Å². The van der Waals surface area contributed by atoms with E-state index in [1.165, 1.54) is 6.92 Å². The number of esters is 1. The lowest BCUT2D eigenvalue weighted by atomic mass is 10.4. The minimum atomic E-state index is -0.310. The Labute approximate surface area is 80.3 Å². The van der Waals surface area contributed by atoms with Crippen LogP contribution in [-0.2, 0) is 16.1 Å². The molecule has 0 aliphatic heterocycles. The summed E-state index contributed by atoms with van der Waals surface area (Å²) in [4.78, 5) is 14.6. The summed E-state index contributed by atoms with van der Waals surface area (Å²) in [5, 5.41) is 4.16. The van der Waals surface area contributed by atoms with Crippen LogP contribution in [0.3, 0.4) is 0 Å². The third kappa shape index (κ3) is 1.71. The molecule has 0 bridgehead atoms. The SMILES string of the molecule is CC(=O)OCc1cc2ncccn2n1. The molecule has 0 atom stereocenters. The number of hydrogen-bond acceptors (Lipinski definition) is 4. The number of rotatable bonds is 2. The number of hydrogen-bond donors (Lipinski definition) is 0. The molecule has 0 unspecified atom stereocenters. The summed E-state index contributed by atoms with van der Waals surface area (Å²) in [7, 11) is 0. The highest BCUT2D eigenvalue weighted by Gasteiger charge is 2.02. The van der Waals surface area contributed by atoms with Crippen molar-refractivity contribution in [2.75, 3.05) is 0 Å². The fourth-order valence-corrected chi connectivity index (χ4v) is 1.13. The van der Waals surface area contributed by atoms with Gasteiger partial charge in [-0.25, -0.2) is 9.50 Å². The van der Waals surface area contributed by atoms with Gasteiger partial charge >= 0.3 is 5.97 Å². The number of aromatic nitrogens is 3. The molecule has 0 spiro atoms. The second-order valence-corrected chi connectivity index (χ2v) is 2.84. The summed E-state index contributed by atoms with van der Waals surface area (Å²) in [6.45, 7) is 1.56. The lowest BCUT2D eigenvalue weighted by Gasteiger charge is -1.95. The van der Waals surface area contributed by atoms with Gasteiger partial charge in [0.05, 0.1) is 0 Å². The maximum Gasteiger partial charge on any atom is 0.303 e. The molecule has 0 aromatic carbocycles. The van der Waals surface area contributed by atoms with Crippen molar-refractivity contribution < 1.29 is 9.53 Å². The third-order valence-electron chi connectivity index (χ3n) is 1.71. The van der Waals surface area contributed by atoms with Crippen molar-refractivity contribution in [3.63, 3.8) is 0 Å². The summed E-state index contributed by atoms with van der Waals surface area (Å²) in [5.41, 5.74) is 1.44. The highest BCUT2D eigenvalue weighted by molar-refractivity contribution is 5.65. The molecule has 2 heterocycles. The van der Waals surface area contributed by atoms with Gasteiger partial charge in [-0.05, 0) is 6.07 Å². The van der Waals surface area contributed by atoms with E-state index in [0.29, 0.717) is 5.69 Å². The smallest absolute Gasteiger partial charge is 0.303 e. The Balaban J connectivity index is 2.22. The number of carbonyl (C=O) groups excluding carboxylic acids is 1. The summed E-state index contributed by atoms with van der Waals surface area (Å²) >= 11 is 0. The standard InChI is InChI=1S/C9H9N3O2/c1-7(13)14-6-8-5-9-10-3-2-4-12(9)11-8/h2-5H,6H2,1H3. The van der Waals surface area contributed by atoms with Crippen molar-refractivity contribution in [3.8, 4) is 0 Å². The zero-order chi connectivity index (χ0) is 9.97. The van der Waals surface area contributed by atoms with E-state index >= 15 is 0 Å². The fraction of sp³-hybridized carbons (Fsp3) is 0.222. The zero-order valence-corrected chi connectivity index (χ0v) is 7.67. The van der Waals surface area contributed by atoms with Gasteiger partial charge in [-0.1, -0.05) is 0 Å². The molecule has 0 aliphatic carbocycles. The highest BCUT2D eigenvalue weighted by Crippen LogP contribution is 2.03. The Morgan fingerprint density at radius 2 is 2.50 bits per heavy atom. The van der Waals surface area contributed by atoms with Crippen molar-refractivity contribution >= 4 is 11.6 Å². The largest absolute Gasteiger partial charge is 0.459 e. The lowest BCUT2D eigenvalue weighted by Crippen LogP contribution is -1.99. The summed E-state index contributed by atoms with van der Waals surface area (Å²) < 4.78 is 6.45. The molecule has 2 aromatic rings. The molecule has 0 saturated heterocycles. The van der Waals surface area contributed by atoms with E-state index in [4.69, 9.17) is 4.74 Å². The first kappa shape index (κ1) is 8.68. The topological polar surface area (TPSA) is 56.5 Å². The molecule has 5 heteroatoms. The highest BCUT2D eigenvalue weighted by atomic mass is 16.5. The van der Waals surface area contributed by atoms with Crippen LogP contribution in [0.5, 0.6) is 0 Å². The molecule has 0 N–H and O–H groups in total. The van der Waals surface area contributed by atoms with Gasteiger partial charge in [0, 0.05) is 25.4 Å². The number of nitrogens with zero attached hydrogens (tertiary/aromatic N) is 3. The normalized spacial score (nSPS) is 10.4. The fourth-order valence-electron chi connectivity index (χ4n) is 1.13. The molecule has 0 amide bonds. The first-order chi connectivity index (χ1) is 6.75. The number of fused-ring (bicyclic) bond motifs is 1. The Morgan fingerprint density at radius 3 is 3.21 bits per heavy atom. The molecule has 0 radical (unpaired) electrons. The van der Waals surface area contributed by atoms with Crippen LogP contribution in [0.1, 0.15) is 12.6 Å². The minimum Gasteiger partial charge on any atom is -0.459 e.